The van der Waals surface area contributed by atoms with Crippen LogP contribution >= 0.6 is 11.6 Å². The van der Waals surface area contributed by atoms with Crippen molar-refractivity contribution < 1.29 is 13.6 Å². The summed E-state index contributed by atoms with van der Waals surface area (Å²) in [6.07, 6.45) is 1.53. The molecule has 1 amide bonds. The lowest BCUT2D eigenvalue weighted by Gasteiger charge is -2.08. The molecule has 0 aliphatic carbocycles. The monoisotopic (exact) mass is 359 g/mol. The predicted octanol–water partition coefficient (Wildman–Crippen LogP) is 5.01. The number of aromatic nitrogens is 1. The zero-order chi connectivity index (χ0) is 17.8. The van der Waals surface area contributed by atoms with Gasteiger partial charge in [-0.2, -0.15) is 0 Å². The van der Waals surface area contributed by atoms with E-state index in [1.165, 1.54) is 12.3 Å². The van der Waals surface area contributed by atoms with E-state index in [0.717, 1.165) is 17.8 Å². The summed E-state index contributed by atoms with van der Waals surface area (Å²) in [4.78, 5) is 16.1. The van der Waals surface area contributed by atoms with Crippen molar-refractivity contribution >= 4 is 34.7 Å². The number of amides is 1. The number of halogens is 3. The molecule has 0 unspecified atom stereocenters. The first-order valence-corrected chi connectivity index (χ1v) is 7.64. The van der Waals surface area contributed by atoms with Gasteiger partial charge in [-0.05, 0) is 48.5 Å². The first-order valence-electron chi connectivity index (χ1n) is 7.26. The van der Waals surface area contributed by atoms with Gasteiger partial charge in [0, 0.05) is 16.3 Å². The molecule has 3 rings (SSSR count). The van der Waals surface area contributed by atoms with Gasteiger partial charge in [0.05, 0.1) is 11.9 Å². The molecule has 4 nitrogen and oxygen atoms in total. The van der Waals surface area contributed by atoms with Crippen LogP contribution in [-0.4, -0.2) is 10.9 Å². The first-order chi connectivity index (χ1) is 12.0. The average Bonchev–Trinajstić information content (AvgIpc) is 2.59. The fourth-order valence-electron chi connectivity index (χ4n) is 2.10. The SMILES string of the molecule is O=C(Nc1ccc(Nc2cccc(Cl)c2)cn1)c1ccc(F)c(F)c1. The Hall–Kier alpha value is -2.99. The highest BCUT2D eigenvalue weighted by Gasteiger charge is 2.10. The van der Waals surface area contributed by atoms with E-state index in [1.54, 1.807) is 24.3 Å². The Labute approximate surface area is 147 Å². The highest BCUT2D eigenvalue weighted by Crippen LogP contribution is 2.20. The minimum Gasteiger partial charge on any atom is -0.354 e. The third-order valence-corrected chi connectivity index (χ3v) is 3.54. The Bertz CT molecular complexity index is 916. The summed E-state index contributed by atoms with van der Waals surface area (Å²) in [7, 11) is 0. The fraction of sp³-hybridized carbons (Fsp3) is 0. The van der Waals surface area contributed by atoms with Crippen LogP contribution in [0.4, 0.5) is 26.0 Å². The molecule has 0 saturated heterocycles. The molecule has 25 heavy (non-hydrogen) atoms. The van der Waals surface area contributed by atoms with Crippen molar-refractivity contribution in [3.8, 4) is 0 Å². The summed E-state index contributed by atoms with van der Waals surface area (Å²) in [5.74, 6) is -2.39. The normalized spacial score (nSPS) is 10.4. The van der Waals surface area contributed by atoms with E-state index in [2.05, 4.69) is 15.6 Å². The van der Waals surface area contributed by atoms with E-state index < -0.39 is 17.5 Å². The van der Waals surface area contributed by atoms with Crippen LogP contribution in [0.25, 0.3) is 0 Å². The van der Waals surface area contributed by atoms with Crippen LogP contribution in [0.2, 0.25) is 5.02 Å². The van der Waals surface area contributed by atoms with Crippen LogP contribution in [0.5, 0.6) is 0 Å². The molecule has 0 bridgehead atoms. The summed E-state index contributed by atoms with van der Waals surface area (Å²) in [5.41, 5.74) is 1.50. The van der Waals surface area contributed by atoms with Crippen LogP contribution < -0.4 is 10.6 Å². The molecule has 0 saturated carbocycles. The van der Waals surface area contributed by atoms with E-state index in [9.17, 15) is 13.6 Å². The third kappa shape index (κ3) is 4.30. The van der Waals surface area contributed by atoms with Gasteiger partial charge in [-0.15, -0.1) is 0 Å². The third-order valence-electron chi connectivity index (χ3n) is 3.30. The highest BCUT2D eigenvalue weighted by atomic mass is 35.5. The van der Waals surface area contributed by atoms with Gasteiger partial charge >= 0.3 is 0 Å². The Balaban J connectivity index is 1.67. The van der Waals surface area contributed by atoms with Gasteiger partial charge in [-0.25, -0.2) is 13.8 Å². The van der Waals surface area contributed by atoms with Crippen LogP contribution in [-0.2, 0) is 0 Å². The summed E-state index contributed by atoms with van der Waals surface area (Å²) in [6, 6.07) is 13.4. The van der Waals surface area contributed by atoms with Crippen LogP contribution in [0.1, 0.15) is 10.4 Å². The maximum Gasteiger partial charge on any atom is 0.256 e. The zero-order valence-corrected chi connectivity index (χ0v) is 13.5. The smallest absolute Gasteiger partial charge is 0.256 e. The van der Waals surface area contributed by atoms with E-state index >= 15 is 0 Å². The van der Waals surface area contributed by atoms with Gasteiger partial charge in [0.2, 0.25) is 0 Å². The largest absolute Gasteiger partial charge is 0.354 e. The van der Waals surface area contributed by atoms with Crippen molar-refractivity contribution in [3.63, 3.8) is 0 Å². The lowest BCUT2D eigenvalue weighted by molar-refractivity contribution is 0.102. The van der Waals surface area contributed by atoms with Crippen molar-refractivity contribution in [2.24, 2.45) is 0 Å². The Morgan fingerprint density at radius 3 is 2.48 bits per heavy atom. The Morgan fingerprint density at radius 1 is 0.960 bits per heavy atom. The number of carbonyl (C=O) groups is 1. The van der Waals surface area contributed by atoms with E-state index in [1.807, 2.05) is 12.1 Å². The molecule has 1 heterocycles. The quantitative estimate of drug-likeness (QED) is 0.688. The van der Waals surface area contributed by atoms with E-state index in [0.29, 0.717) is 10.7 Å². The second-order valence-corrected chi connectivity index (χ2v) is 5.59. The number of nitrogens with zero attached hydrogens (tertiary/aromatic N) is 1. The van der Waals surface area contributed by atoms with Gasteiger partial charge in [0.15, 0.2) is 11.6 Å². The molecule has 7 heteroatoms. The summed E-state index contributed by atoms with van der Waals surface area (Å²) < 4.78 is 26.1. The lowest BCUT2D eigenvalue weighted by Crippen LogP contribution is -2.13. The summed E-state index contributed by atoms with van der Waals surface area (Å²) in [5, 5.41) is 6.24. The Morgan fingerprint density at radius 2 is 1.80 bits per heavy atom. The maximum atomic E-state index is 13.2. The zero-order valence-electron chi connectivity index (χ0n) is 12.8. The summed E-state index contributed by atoms with van der Waals surface area (Å²) >= 11 is 5.92. The highest BCUT2D eigenvalue weighted by molar-refractivity contribution is 6.30. The number of rotatable bonds is 4. The molecule has 0 atom stereocenters. The minimum atomic E-state index is -1.08. The van der Waals surface area contributed by atoms with Gasteiger partial charge in [-0.1, -0.05) is 17.7 Å². The first kappa shape index (κ1) is 16.9. The predicted molar refractivity (Wildman–Crippen MR) is 93.3 cm³/mol. The maximum absolute atomic E-state index is 13.2. The summed E-state index contributed by atoms with van der Waals surface area (Å²) in [6.45, 7) is 0. The molecule has 3 aromatic rings. The number of hydrogen-bond donors (Lipinski definition) is 2. The number of anilines is 3. The number of carbonyl (C=O) groups excluding carboxylic acids is 1. The molecule has 0 aliphatic heterocycles. The van der Waals surface area contributed by atoms with Gasteiger partial charge in [0.25, 0.3) is 5.91 Å². The van der Waals surface area contributed by atoms with Gasteiger partial charge < -0.3 is 10.6 Å². The molecule has 2 N–H and O–H groups in total. The van der Waals surface area contributed by atoms with Gasteiger partial charge in [-0.3, -0.25) is 4.79 Å². The average molecular weight is 360 g/mol. The topological polar surface area (TPSA) is 54.0 Å². The Kier molecular flexibility index (Phi) is 4.90. The minimum absolute atomic E-state index is 0.00169. The second-order valence-electron chi connectivity index (χ2n) is 5.15. The number of pyridine rings is 1. The standard InChI is InChI=1S/C18H12ClF2N3O/c19-12-2-1-3-13(9-12)23-14-5-7-17(22-10-14)24-18(25)11-4-6-15(20)16(21)8-11/h1-10,23H,(H,22,24,25). The number of nitrogens with one attached hydrogen (secondary N) is 2. The van der Waals surface area contributed by atoms with Gasteiger partial charge in [0.1, 0.15) is 5.82 Å². The molecule has 0 spiro atoms. The van der Waals surface area contributed by atoms with Crippen molar-refractivity contribution in [2.75, 3.05) is 10.6 Å². The fourth-order valence-corrected chi connectivity index (χ4v) is 2.29. The molecule has 126 valence electrons. The van der Waals surface area contributed by atoms with Crippen molar-refractivity contribution in [1.82, 2.24) is 4.98 Å². The molecule has 0 aliphatic rings. The van der Waals surface area contributed by atoms with Crippen LogP contribution in [0, 0.1) is 11.6 Å². The molecule has 1 aromatic heterocycles. The van der Waals surface area contributed by atoms with Crippen LogP contribution in [0.15, 0.2) is 60.8 Å². The number of benzene rings is 2. The molecule has 0 radical (unpaired) electrons. The van der Waals surface area contributed by atoms with E-state index in [-0.39, 0.29) is 11.4 Å². The van der Waals surface area contributed by atoms with Crippen molar-refractivity contribution in [2.45, 2.75) is 0 Å². The van der Waals surface area contributed by atoms with E-state index in [4.69, 9.17) is 11.6 Å². The van der Waals surface area contributed by atoms with Crippen molar-refractivity contribution in [1.29, 1.82) is 0 Å². The molecular formula is C18H12ClF2N3O. The number of hydrogen-bond acceptors (Lipinski definition) is 3. The molecule has 0 fully saturated rings. The molecular weight excluding hydrogens is 348 g/mol. The lowest BCUT2D eigenvalue weighted by atomic mass is 10.2. The second kappa shape index (κ2) is 7.27. The van der Waals surface area contributed by atoms with Crippen molar-refractivity contribution in [3.05, 3.63) is 83.0 Å². The van der Waals surface area contributed by atoms with Crippen LogP contribution in [0.3, 0.4) is 0 Å². The molecule has 2 aromatic carbocycles.